The van der Waals surface area contributed by atoms with E-state index < -0.39 is 0 Å². The van der Waals surface area contributed by atoms with Crippen LogP contribution >= 0.6 is 0 Å². The van der Waals surface area contributed by atoms with Crippen LogP contribution in [0.3, 0.4) is 0 Å². The number of hydrogen-bond acceptors (Lipinski definition) is 4. The highest BCUT2D eigenvalue weighted by Gasteiger charge is 2.32. The van der Waals surface area contributed by atoms with Gasteiger partial charge < -0.3 is 5.11 Å². The lowest BCUT2D eigenvalue weighted by Gasteiger charge is -2.19. The third kappa shape index (κ3) is 1.79. The zero-order chi connectivity index (χ0) is 17.1. The number of carbonyl (C=O) groups excluding carboxylic acids is 2. The van der Waals surface area contributed by atoms with Gasteiger partial charge in [0.15, 0.2) is 11.6 Å². The van der Waals surface area contributed by atoms with Crippen molar-refractivity contribution in [2.75, 3.05) is 0 Å². The molecule has 0 amide bonds. The predicted octanol–water partition coefficient (Wildman–Crippen LogP) is 3.87. The van der Waals surface area contributed by atoms with Gasteiger partial charge in [-0.1, -0.05) is 42.5 Å². The van der Waals surface area contributed by atoms with Crippen molar-refractivity contribution in [3.8, 4) is 5.75 Å². The van der Waals surface area contributed by atoms with Crippen molar-refractivity contribution in [1.29, 1.82) is 0 Å². The minimum atomic E-state index is -0.266. The molecule has 5 rings (SSSR count). The molecule has 1 aromatic heterocycles. The molecule has 0 aliphatic heterocycles. The largest absolute Gasteiger partial charge is 0.507 e. The molecule has 0 saturated carbocycles. The average molecular weight is 325 g/mol. The van der Waals surface area contributed by atoms with E-state index in [0.29, 0.717) is 27.5 Å². The Morgan fingerprint density at radius 3 is 2.24 bits per heavy atom. The molecule has 4 nitrogen and oxygen atoms in total. The van der Waals surface area contributed by atoms with Crippen LogP contribution in [0.4, 0.5) is 0 Å². The Balaban J connectivity index is 1.95. The van der Waals surface area contributed by atoms with Gasteiger partial charge in [0.25, 0.3) is 0 Å². The highest BCUT2D eigenvalue weighted by molar-refractivity contribution is 6.32. The lowest BCUT2D eigenvalue weighted by Crippen LogP contribution is -2.21. The zero-order valence-corrected chi connectivity index (χ0v) is 13.0. The van der Waals surface area contributed by atoms with Crippen LogP contribution in [-0.4, -0.2) is 21.7 Å². The standard InChI is InChI=1S/C21H11NO3/c23-17-10-15-18(21(25)13-7-3-2-6-12(13)20(15)24)19-14(17)9-11-5-1-4-8-16(11)22-19/h1-10,23H. The van der Waals surface area contributed by atoms with Crippen LogP contribution in [0.1, 0.15) is 31.8 Å². The Morgan fingerprint density at radius 1 is 0.760 bits per heavy atom. The van der Waals surface area contributed by atoms with E-state index in [9.17, 15) is 14.7 Å². The van der Waals surface area contributed by atoms with Crippen LogP contribution < -0.4 is 0 Å². The van der Waals surface area contributed by atoms with Gasteiger partial charge in [-0.05, 0) is 18.2 Å². The van der Waals surface area contributed by atoms with E-state index in [0.717, 1.165) is 5.39 Å². The summed E-state index contributed by atoms with van der Waals surface area (Å²) >= 11 is 0. The van der Waals surface area contributed by atoms with Gasteiger partial charge in [0, 0.05) is 27.5 Å². The van der Waals surface area contributed by atoms with Gasteiger partial charge in [-0.15, -0.1) is 0 Å². The first-order chi connectivity index (χ1) is 12.1. The Bertz CT molecular complexity index is 1240. The van der Waals surface area contributed by atoms with Crippen LogP contribution in [-0.2, 0) is 0 Å². The van der Waals surface area contributed by atoms with Crippen LogP contribution in [0, 0.1) is 0 Å². The minimum Gasteiger partial charge on any atom is -0.507 e. The molecule has 4 heteroatoms. The molecule has 118 valence electrons. The third-order valence-corrected chi connectivity index (χ3v) is 4.68. The number of aromatic hydroxyl groups is 1. The highest BCUT2D eigenvalue weighted by Crippen LogP contribution is 2.37. The SMILES string of the molecule is O=C1c2ccccc2C(=O)c2c1cc(O)c1cc3ccccc3nc21. The van der Waals surface area contributed by atoms with Gasteiger partial charge in [0.1, 0.15) is 5.75 Å². The van der Waals surface area contributed by atoms with Crippen LogP contribution in [0.2, 0.25) is 0 Å². The van der Waals surface area contributed by atoms with Crippen LogP contribution in [0.25, 0.3) is 21.8 Å². The number of fused-ring (bicyclic) bond motifs is 5. The van der Waals surface area contributed by atoms with E-state index in [2.05, 4.69) is 4.98 Å². The van der Waals surface area contributed by atoms with Crippen LogP contribution in [0.15, 0.2) is 60.7 Å². The molecule has 1 aliphatic carbocycles. The number of benzene rings is 3. The van der Waals surface area contributed by atoms with Gasteiger partial charge in [-0.25, -0.2) is 4.98 Å². The molecule has 1 N–H and O–H groups in total. The van der Waals surface area contributed by atoms with Gasteiger partial charge >= 0.3 is 0 Å². The maximum atomic E-state index is 13.0. The molecule has 0 fully saturated rings. The molecule has 0 radical (unpaired) electrons. The summed E-state index contributed by atoms with van der Waals surface area (Å²) in [6.45, 7) is 0. The molecule has 0 spiro atoms. The van der Waals surface area contributed by atoms with E-state index in [-0.39, 0.29) is 28.4 Å². The molecule has 1 aliphatic rings. The fourth-order valence-corrected chi connectivity index (χ4v) is 3.48. The van der Waals surface area contributed by atoms with Crippen molar-refractivity contribution in [1.82, 2.24) is 4.98 Å². The van der Waals surface area contributed by atoms with Crippen molar-refractivity contribution in [3.63, 3.8) is 0 Å². The van der Waals surface area contributed by atoms with E-state index in [1.807, 2.05) is 24.3 Å². The molecule has 0 bridgehead atoms. The van der Waals surface area contributed by atoms with E-state index in [4.69, 9.17) is 0 Å². The number of pyridine rings is 1. The number of phenolic OH excluding ortho intramolecular Hbond substituents is 1. The molecule has 0 unspecified atom stereocenters. The van der Waals surface area contributed by atoms with Gasteiger partial charge in [0.2, 0.25) is 0 Å². The van der Waals surface area contributed by atoms with Gasteiger partial charge in [-0.2, -0.15) is 0 Å². The van der Waals surface area contributed by atoms with E-state index in [1.54, 1.807) is 30.3 Å². The monoisotopic (exact) mass is 325 g/mol. The lowest BCUT2D eigenvalue weighted by molar-refractivity contribution is 0.0980. The lowest BCUT2D eigenvalue weighted by atomic mass is 9.82. The summed E-state index contributed by atoms with van der Waals surface area (Å²) in [5.74, 6) is -0.553. The number of phenols is 1. The number of ketones is 2. The summed E-state index contributed by atoms with van der Waals surface area (Å²) in [7, 11) is 0. The normalized spacial score (nSPS) is 13.1. The number of rotatable bonds is 0. The van der Waals surface area contributed by atoms with Crippen molar-refractivity contribution in [2.45, 2.75) is 0 Å². The fraction of sp³-hybridized carbons (Fsp3) is 0. The number of hydrogen-bond donors (Lipinski definition) is 1. The molecule has 3 aromatic carbocycles. The van der Waals surface area contributed by atoms with Crippen molar-refractivity contribution < 1.29 is 14.7 Å². The van der Waals surface area contributed by atoms with Crippen molar-refractivity contribution >= 4 is 33.4 Å². The molecule has 25 heavy (non-hydrogen) atoms. The number of nitrogens with zero attached hydrogens (tertiary/aromatic N) is 1. The summed E-state index contributed by atoms with van der Waals surface area (Å²) in [4.78, 5) is 30.4. The third-order valence-electron chi connectivity index (χ3n) is 4.68. The Labute approximate surface area is 142 Å². The Kier molecular flexibility index (Phi) is 2.63. The molecule has 4 aromatic rings. The molecular weight excluding hydrogens is 314 g/mol. The first kappa shape index (κ1) is 13.9. The summed E-state index contributed by atoms with van der Waals surface area (Å²) in [6.07, 6.45) is 0. The van der Waals surface area contributed by atoms with Gasteiger partial charge in [0.05, 0.1) is 16.6 Å². The first-order valence-corrected chi connectivity index (χ1v) is 7.89. The average Bonchev–Trinajstić information content (AvgIpc) is 2.65. The highest BCUT2D eigenvalue weighted by atomic mass is 16.3. The molecule has 0 saturated heterocycles. The Morgan fingerprint density at radius 2 is 1.44 bits per heavy atom. The smallest absolute Gasteiger partial charge is 0.196 e. The molecule has 0 atom stereocenters. The molecular formula is C21H11NO3. The predicted molar refractivity (Wildman–Crippen MR) is 94.2 cm³/mol. The fourth-order valence-electron chi connectivity index (χ4n) is 3.48. The summed E-state index contributed by atoms with van der Waals surface area (Å²) in [6, 6.07) is 17.4. The second-order valence-electron chi connectivity index (χ2n) is 6.10. The second kappa shape index (κ2) is 4.74. The summed E-state index contributed by atoms with van der Waals surface area (Å²) in [5, 5.41) is 11.8. The maximum Gasteiger partial charge on any atom is 0.196 e. The van der Waals surface area contributed by atoms with Gasteiger partial charge in [-0.3, -0.25) is 9.59 Å². The van der Waals surface area contributed by atoms with Crippen molar-refractivity contribution in [2.24, 2.45) is 0 Å². The zero-order valence-electron chi connectivity index (χ0n) is 13.0. The van der Waals surface area contributed by atoms with E-state index >= 15 is 0 Å². The number of carbonyl (C=O) groups is 2. The molecule has 1 heterocycles. The maximum absolute atomic E-state index is 13.0. The quantitative estimate of drug-likeness (QED) is 0.439. The second-order valence-corrected chi connectivity index (χ2v) is 6.10. The van der Waals surface area contributed by atoms with Crippen LogP contribution in [0.5, 0.6) is 5.75 Å². The number of aromatic nitrogens is 1. The summed E-state index contributed by atoms with van der Waals surface area (Å²) in [5.41, 5.74) is 2.28. The van der Waals surface area contributed by atoms with E-state index in [1.165, 1.54) is 6.07 Å². The topological polar surface area (TPSA) is 67.3 Å². The summed E-state index contributed by atoms with van der Waals surface area (Å²) < 4.78 is 0. The number of para-hydroxylation sites is 1. The first-order valence-electron chi connectivity index (χ1n) is 7.89. The minimum absolute atomic E-state index is 0.0486. The van der Waals surface area contributed by atoms with Crippen molar-refractivity contribution in [3.05, 3.63) is 82.9 Å². The Hall–Kier alpha value is -3.53.